The number of likely N-dealkylation sites (N-methyl/N-ethyl adjacent to an activating group) is 1. The molecule has 1 amide bonds. The fourth-order valence-corrected chi connectivity index (χ4v) is 3.68. The number of carbonyl (C=O) groups excluding carboxylic acids is 2. The number of likely N-dealkylation sites (tertiary alicyclic amines) is 1. The number of fused-ring (bicyclic) bond motifs is 1. The van der Waals surface area contributed by atoms with Crippen LogP contribution in [0.4, 0.5) is 0 Å². The number of carbonyl (C=O) groups is 2. The van der Waals surface area contributed by atoms with Crippen molar-refractivity contribution >= 4 is 17.4 Å². The molecule has 2 aromatic rings. The molecular weight excluding hydrogens is 388 g/mol. The summed E-state index contributed by atoms with van der Waals surface area (Å²) >= 11 is 0. The number of hydrogen-bond acceptors (Lipinski definition) is 6. The molecule has 2 aliphatic rings. The number of ketones is 1. The van der Waals surface area contributed by atoms with Crippen LogP contribution in [0.2, 0.25) is 0 Å². The molecule has 1 aromatic heterocycles. The molecule has 8 nitrogen and oxygen atoms in total. The molecule has 158 valence electrons. The van der Waals surface area contributed by atoms with Gasteiger partial charge in [-0.15, -0.1) is 0 Å². The molecule has 0 radical (unpaired) electrons. The maximum Gasteiger partial charge on any atom is 0.295 e. The van der Waals surface area contributed by atoms with E-state index in [9.17, 15) is 14.7 Å². The lowest BCUT2D eigenvalue weighted by atomic mass is 9.99. The van der Waals surface area contributed by atoms with Gasteiger partial charge in [0.25, 0.3) is 5.91 Å². The predicted molar refractivity (Wildman–Crippen MR) is 105 cm³/mol. The SMILES string of the molecule is Cc1ccc(C2C(=C([O-])c3ccc4c(c3)OCCO4)C(=O)C(=O)N2CC[NH+](C)C)o1. The first-order valence-corrected chi connectivity index (χ1v) is 9.88. The van der Waals surface area contributed by atoms with E-state index in [1.807, 2.05) is 14.1 Å². The minimum absolute atomic E-state index is 0.0974. The van der Waals surface area contributed by atoms with E-state index in [1.54, 1.807) is 37.3 Å². The quantitative estimate of drug-likeness (QED) is 0.413. The van der Waals surface area contributed by atoms with Crippen LogP contribution in [0.5, 0.6) is 11.5 Å². The zero-order valence-corrected chi connectivity index (χ0v) is 17.2. The summed E-state index contributed by atoms with van der Waals surface area (Å²) < 4.78 is 16.8. The Hall–Kier alpha value is -3.26. The summed E-state index contributed by atoms with van der Waals surface area (Å²) in [6.45, 7) is 3.55. The maximum atomic E-state index is 13.4. The first kappa shape index (κ1) is 20.0. The van der Waals surface area contributed by atoms with E-state index in [0.29, 0.717) is 49.3 Å². The fourth-order valence-electron chi connectivity index (χ4n) is 3.68. The van der Waals surface area contributed by atoms with Gasteiger partial charge in [-0.25, -0.2) is 0 Å². The standard InChI is InChI=1S/C22H24N2O6/c1-13-4-6-16(30-13)19-18(21(26)22(27)24(19)9-8-23(2)3)20(25)14-5-7-15-17(12-14)29-11-10-28-15/h4-7,12,19,25H,8-11H2,1-3H3. The van der Waals surface area contributed by atoms with E-state index in [0.717, 1.165) is 4.90 Å². The molecule has 2 aliphatic heterocycles. The molecule has 0 aliphatic carbocycles. The van der Waals surface area contributed by atoms with Crippen molar-refractivity contribution in [3.63, 3.8) is 0 Å². The van der Waals surface area contributed by atoms with Gasteiger partial charge in [-0.3, -0.25) is 9.59 Å². The average molecular weight is 412 g/mol. The molecule has 1 atom stereocenters. The highest BCUT2D eigenvalue weighted by molar-refractivity contribution is 6.46. The normalized spacial score (nSPS) is 20.3. The van der Waals surface area contributed by atoms with Gasteiger partial charge in [-0.2, -0.15) is 0 Å². The Morgan fingerprint density at radius 3 is 2.53 bits per heavy atom. The number of furan rings is 1. The summed E-state index contributed by atoms with van der Waals surface area (Å²) in [6, 6.07) is 7.39. The van der Waals surface area contributed by atoms with Crippen molar-refractivity contribution in [2.24, 2.45) is 0 Å². The molecule has 0 bridgehead atoms. The van der Waals surface area contributed by atoms with Crippen molar-refractivity contribution in [1.82, 2.24) is 4.90 Å². The number of Topliss-reactive ketones (excluding diaryl/α,β-unsaturated/α-hetero) is 1. The molecule has 1 fully saturated rings. The smallest absolute Gasteiger partial charge is 0.295 e. The monoisotopic (exact) mass is 412 g/mol. The van der Waals surface area contributed by atoms with E-state index < -0.39 is 23.5 Å². The molecule has 30 heavy (non-hydrogen) atoms. The van der Waals surface area contributed by atoms with Crippen molar-refractivity contribution in [2.45, 2.75) is 13.0 Å². The lowest BCUT2D eigenvalue weighted by Gasteiger charge is -2.26. The van der Waals surface area contributed by atoms with Crippen LogP contribution >= 0.6 is 0 Å². The Kier molecular flexibility index (Phi) is 5.26. The topological polar surface area (TPSA) is 96.5 Å². The second kappa shape index (κ2) is 7.87. The van der Waals surface area contributed by atoms with Crippen molar-refractivity contribution < 1.29 is 33.5 Å². The van der Waals surface area contributed by atoms with Gasteiger partial charge >= 0.3 is 0 Å². The molecule has 1 aromatic carbocycles. The van der Waals surface area contributed by atoms with Crippen LogP contribution in [-0.2, 0) is 9.59 Å². The van der Waals surface area contributed by atoms with Crippen LogP contribution in [-0.4, -0.2) is 57.0 Å². The zero-order valence-electron chi connectivity index (χ0n) is 17.2. The molecule has 1 saturated heterocycles. The van der Waals surface area contributed by atoms with Crippen LogP contribution in [0, 0.1) is 6.92 Å². The van der Waals surface area contributed by atoms with Gasteiger partial charge in [-0.05, 0) is 36.8 Å². The minimum Gasteiger partial charge on any atom is -0.872 e. The first-order chi connectivity index (χ1) is 14.4. The van der Waals surface area contributed by atoms with E-state index >= 15 is 0 Å². The summed E-state index contributed by atoms with van der Waals surface area (Å²) in [7, 11) is 3.92. The largest absolute Gasteiger partial charge is 0.872 e. The molecule has 4 rings (SSSR count). The van der Waals surface area contributed by atoms with Crippen molar-refractivity contribution in [3.05, 3.63) is 53.0 Å². The van der Waals surface area contributed by atoms with E-state index in [4.69, 9.17) is 13.9 Å². The summed E-state index contributed by atoms with van der Waals surface area (Å²) in [5.41, 5.74) is 0.170. The predicted octanol–water partition coefficient (Wildman–Crippen LogP) is -0.272. The summed E-state index contributed by atoms with van der Waals surface area (Å²) in [5, 5.41) is 13.4. The highest BCUT2D eigenvalue weighted by atomic mass is 16.6. The van der Waals surface area contributed by atoms with Crippen molar-refractivity contribution in [3.8, 4) is 11.5 Å². The summed E-state index contributed by atoms with van der Waals surface area (Å²) in [5.74, 6) is 0.0544. The lowest BCUT2D eigenvalue weighted by Crippen LogP contribution is -3.06. The molecule has 0 saturated carbocycles. The highest BCUT2D eigenvalue weighted by Gasteiger charge is 2.45. The number of nitrogens with zero attached hydrogens (tertiary/aromatic N) is 1. The van der Waals surface area contributed by atoms with Gasteiger partial charge in [-0.1, -0.05) is 11.8 Å². The van der Waals surface area contributed by atoms with Gasteiger partial charge in [0, 0.05) is 5.57 Å². The Labute approximate surface area is 174 Å². The second-order valence-corrected chi connectivity index (χ2v) is 7.74. The Bertz CT molecular complexity index is 1020. The third-order valence-electron chi connectivity index (χ3n) is 5.22. The number of quaternary nitrogens is 1. The highest BCUT2D eigenvalue weighted by Crippen LogP contribution is 2.40. The van der Waals surface area contributed by atoms with Crippen LogP contribution in [0.1, 0.15) is 23.1 Å². The third kappa shape index (κ3) is 3.54. The van der Waals surface area contributed by atoms with Gasteiger partial charge in [0.2, 0.25) is 5.78 Å². The third-order valence-corrected chi connectivity index (χ3v) is 5.22. The Morgan fingerprint density at radius 1 is 1.13 bits per heavy atom. The van der Waals surface area contributed by atoms with Crippen LogP contribution in [0.3, 0.4) is 0 Å². The van der Waals surface area contributed by atoms with Gasteiger partial charge in [0.1, 0.15) is 30.8 Å². The molecule has 8 heteroatoms. The van der Waals surface area contributed by atoms with Crippen molar-refractivity contribution in [2.75, 3.05) is 40.4 Å². The van der Waals surface area contributed by atoms with Gasteiger partial charge in [0.15, 0.2) is 11.5 Å². The van der Waals surface area contributed by atoms with Crippen LogP contribution in [0.15, 0.2) is 40.3 Å². The summed E-state index contributed by atoms with van der Waals surface area (Å²) in [6.07, 6.45) is 0. The lowest BCUT2D eigenvalue weighted by molar-refractivity contribution is -0.857. The average Bonchev–Trinajstić information content (AvgIpc) is 3.26. The number of ether oxygens (including phenoxy) is 2. The maximum absolute atomic E-state index is 13.4. The van der Waals surface area contributed by atoms with Crippen LogP contribution < -0.4 is 19.5 Å². The van der Waals surface area contributed by atoms with Gasteiger partial charge in [0.05, 0.1) is 27.2 Å². The molecule has 3 heterocycles. The first-order valence-electron chi connectivity index (χ1n) is 9.88. The molecule has 1 N–H and O–H groups in total. The Morgan fingerprint density at radius 2 is 1.87 bits per heavy atom. The molecule has 0 spiro atoms. The minimum atomic E-state index is -0.848. The number of amides is 1. The van der Waals surface area contributed by atoms with E-state index in [-0.39, 0.29) is 11.1 Å². The Balaban J connectivity index is 1.80. The van der Waals surface area contributed by atoms with Gasteiger partial charge < -0.3 is 28.8 Å². The van der Waals surface area contributed by atoms with E-state index in [1.165, 1.54) is 4.90 Å². The number of aryl methyl sites for hydroxylation is 1. The van der Waals surface area contributed by atoms with Crippen LogP contribution in [0.25, 0.3) is 5.76 Å². The number of rotatable bonds is 5. The number of hydrogen-bond donors (Lipinski definition) is 1. The molecule has 1 unspecified atom stereocenters. The second-order valence-electron chi connectivity index (χ2n) is 7.74. The fraction of sp³-hybridized carbons (Fsp3) is 0.364. The van der Waals surface area contributed by atoms with Crippen molar-refractivity contribution in [1.29, 1.82) is 0 Å². The van der Waals surface area contributed by atoms with E-state index in [2.05, 4.69) is 0 Å². The number of nitrogens with one attached hydrogen (secondary N) is 1. The number of benzene rings is 1. The molecular formula is C22H24N2O6. The zero-order chi connectivity index (χ0) is 21.4. The summed E-state index contributed by atoms with van der Waals surface area (Å²) in [4.78, 5) is 28.2.